The Morgan fingerprint density at radius 3 is 2.81 bits per heavy atom. The summed E-state index contributed by atoms with van der Waals surface area (Å²) in [6.45, 7) is 3.70. The summed E-state index contributed by atoms with van der Waals surface area (Å²) < 4.78 is 7.26. The molecule has 0 aliphatic carbocycles. The molecule has 0 fully saturated rings. The molecule has 2 aromatic carbocycles. The molecule has 6 nitrogen and oxygen atoms in total. The maximum atomic E-state index is 12.2. The van der Waals surface area contributed by atoms with Gasteiger partial charge in [-0.3, -0.25) is 10.2 Å². The van der Waals surface area contributed by atoms with Crippen molar-refractivity contribution in [2.75, 3.05) is 17.3 Å². The van der Waals surface area contributed by atoms with Crippen LogP contribution < -0.4 is 21.3 Å². The van der Waals surface area contributed by atoms with Crippen LogP contribution in [0.3, 0.4) is 0 Å². The second-order valence-corrected chi connectivity index (χ2v) is 7.99. The van der Waals surface area contributed by atoms with E-state index in [1.165, 1.54) is 11.3 Å². The highest BCUT2D eigenvalue weighted by molar-refractivity contribution is 9.10. The van der Waals surface area contributed by atoms with Crippen LogP contribution in [0.1, 0.15) is 11.1 Å². The number of rotatable bonds is 5. The molecule has 1 heterocycles. The second-order valence-electron chi connectivity index (χ2n) is 5.70. The number of ether oxygens (including phenoxy) is 1. The molecule has 0 bridgehead atoms. The van der Waals surface area contributed by atoms with Gasteiger partial charge in [-0.2, -0.15) is 0 Å². The van der Waals surface area contributed by atoms with Crippen molar-refractivity contribution in [2.45, 2.75) is 13.8 Å². The summed E-state index contributed by atoms with van der Waals surface area (Å²) in [7, 11) is 0. The van der Waals surface area contributed by atoms with Gasteiger partial charge < -0.3 is 10.1 Å². The van der Waals surface area contributed by atoms with E-state index in [0.29, 0.717) is 21.6 Å². The summed E-state index contributed by atoms with van der Waals surface area (Å²) in [6, 6.07) is 7.38. The Morgan fingerprint density at radius 1 is 1.35 bits per heavy atom. The number of nitrogens with one attached hydrogen (secondary N) is 2. The molecule has 3 rings (SSSR count). The molecule has 4 N–H and O–H groups in total. The Hall–Kier alpha value is -1.87. The van der Waals surface area contributed by atoms with Crippen molar-refractivity contribution in [3.63, 3.8) is 0 Å². The third-order valence-corrected chi connectivity index (χ3v) is 5.40. The van der Waals surface area contributed by atoms with E-state index in [2.05, 4.69) is 31.7 Å². The first-order valence-electron chi connectivity index (χ1n) is 7.63. The summed E-state index contributed by atoms with van der Waals surface area (Å²) in [5.74, 6) is 5.63. The van der Waals surface area contributed by atoms with Crippen LogP contribution in [0.25, 0.3) is 10.2 Å². The number of thiazole rings is 1. The molecule has 0 atom stereocenters. The number of nitrogen functional groups attached to an aromatic ring is 1. The largest absolute Gasteiger partial charge is 0.482 e. The van der Waals surface area contributed by atoms with Crippen molar-refractivity contribution in [2.24, 2.45) is 5.84 Å². The molecule has 1 amide bonds. The lowest BCUT2D eigenvalue weighted by Gasteiger charge is -2.12. The summed E-state index contributed by atoms with van der Waals surface area (Å²) >= 11 is 11.0. The quantitative estimate of drug-likeness (QED) is 0.385. The lowest BCUT2D eigenvalue weighted by Crippen LogP contribution is -2.20. The number of hydrazine groups is 1. The van der Waals surface area contributed by atoms with E-state index in [1.54, 1.807) is 12.1 Å². The number of aromatic nitrogens is 1. The van der Waals surface area contributed by atoms with Crippen LogP contribution in [-0.4, -0.2) is 17.5 Å². The van der Waals surface area contributed by atoms with Crippen LogP contribution in [0.15, 0.2) is 28.7 Å². The van der Waals surface area contributed by atoms with Crippen molar-refractivity contribution in [3.05, 3.63) is 44.9 Å². The number of anilines is 2. The monoisotopic (exact) mass is 454 g/mol. The Morgan fingerprint density at radius 2 is 2.12 bits per heavy atom. The molecular weight excluding hydrogens is 440 g/mol. The smallest absolute Gasteiger partial charge is 0.262 e. The Bertz CT molecular complexity index is 969. The van der Waals surface area contributed by atoms with Crippen molar-refractivity contribution in [1.82, 2.24) is 4.98 Å². The fourth-order valence-corrected chi connectivity index (χ4v) is 4.44. The Kier molecular flexibility index (Phi) is 5.67. The molecular formula is C17H16BrClN4O2S. The standard InChI is InChI=1S/C17H16BrClN4O2S/c1-8-3-9(2)16(12(19)4-8)25-7-14(24)21-10-5-11(18)15-13(6-10)26-17(22-15)23-20/h3-6H,7,20H2,1-2H3,(H,21,24)(H,22,23). The van der Waals surface area contributed by atoms with Crippen molar-refractivity contribution < 1.29 is 9.53 Å². The molecule has 136 valence electrons. The van der Waals surface area contributed by atoms with E-state index in [4.69, 9.17) is 22.2 Å². The van der Waals surface area contributed by atoms with Crippen LogP contribution in [-0.2, 0) is 4.79 Å². The van der Waals surface area contributed by atoms with Gasteiger partial charge in [0.25, 0.3) is 5.91 Å². The van der Waals surface area contributed by atoms with Crippen LogP contribution in [0.2, 0.25) is 5.02 Å². The minimum atomic E-state index is -0.283. The van der Waals surface area contributed by atoms with Crippen LogP contribution in [0.5, 0.6) is 5.75 Å². The number of amides is 1. The first-order chi connectivity index (χ1) is 12.4. The van der Waals surface area contributed by atoms with Gasteiger partial charge in [0.05, 0.1) is 15.2 Å². The average Bonchev–Trinajstić information content (AvgIpc) is 2.97. The lowest BCUT2D eigenvalue weighted by molar-refractivity contribution is -0.118. The van der Waals surface area contributed by atoms with Crippen LogP contribution in [0, 0.1) is 13.8 Å². The molecule has 0 aliphatic rings. The molecule has 26 heavy (non-hydrogen) atoms. The Balaban J connectivity index is 1.71. The summed E-state index contributed by atoms with van der Waals surface area (Å²) in [6.07, 6.45) is 0. The fraction of sp³-hybridized carbons (Fsp3) is 0.176. The van der Waals surface area contributed by atoms with Crippen molar-refractivity contribution >= 4 is 65.8 Å². The Labute approximate surface area is 167 Å². The maximum Gasteiger partial charge on any atom is 0.262 e. The zero-order chi connectivity index (χ0) is 18.8. The number of carbonyl (C=O) groups excluding carboxylic acids is 1. The van der Waals surface area contributed by atoms with E-state index in [0.717, 1.165) is 25.8 Å². The molecule has 1 aromatic heterocycles. The predicted molar refractivity (Wildman–Crippen MR) is 110 cm³/mol. The summed E-state index contributed by atoms with van der Waals surface area (Å²) in [5.41, 5.74) is 5.86. The number of fused-ring (bicyclic) bond motifs is 1. The first-order valence-corrected chi connectivity index (χ1v) is 9.62. The molecule has 0 radical (unpaired) electrons. The number of benzene rings is 2. The molecule has 0 saturated heterocycles. The average molecular weight is 456 g/mol. The zero-order valence-electron chi connectivity index (χ0n) is 14.0. The van der Waals surface area contributed by atoms with E-state index in [9.17, 15) is 4.79 Å². The van der Waals surface area contributed by atoms with Crippen molar-refractivity contribution in [3.8, 4) is 5.75 Å². The van der Waals surface area contributed by atoms with Crippen LogP contribution >= 0.6 is 38.9 Å². The zero-order valence-corrected chi connectivity index (χ0v) is 17.2. The normalized spacial score (nSPS) is 10.8. The van der Waals surface area contributed by atoms with Gasteiger partial charge >= 0.3 is 0 Å². The highest BCUT2D eigenvalue weighted by Gasteiger charge is 2.12. The molecule has 9 heteroatoms. The van der Waals surface area contributed by atoms with Gasteiger partial charge in [-0.1, -0.05) is 29.0 Å². The number of nitrogens with two attached hydrogens (primary N) is 1. The van der Waals surface area contributed by atoms with E-state index in [-0.39, 0.29) is 12.5 Å². The topological polar surface area (TPSA) is 89.3 Å². The highest BCUT2D eigenvalue weighted by Crippen LogP contribution is 2.34. The number of halogens is 2. The predicted octanol–water partition coefficient (Wildman–Crippen LogP) is 4.63. The number of carbonyl (C=O) groups is 1. The molecule has 3 aromatic rings. The van der Waals surface area contributed by atoms with Gasteiger partial charge in [-0.05, 0) is 59.1 Å². The van der Waals surface area contributed by atoms with Gasteiger partial charge in [0.15, 0.2) is 11.7 Å². The number of aryl methyl sites for hydroxylation is 2. The molecule has 0 saturated carbocycles. The van der Waals surface area contributed by atoms with E-state index >= 15 is 0 Å². The van der Waals surface area contributed by atoms with E-state index in [1.807, 2.05) is 26.0 Å². The third kappa shape index (κ3) is 4.09. The molecule has 0 spiro atoms. The second kappa shape index (κ2) is 7.79. The summed E-state index contributed by atoms with van der Waals surface area (Å²) in [5, 5.41) is 3.90. The van der Waals surface area contributed by atoms with Gasteiger partial charge in [-0.25, -0.2) is 10.8 Å². The number of hydrogen-bond acceptors (Lipinski definition) is 6. The van der Waals surface area contributed by atoms with Crippen molar-refractivity contribution in [1.29, 1.82) is 0 Å². The first kappa shape index (κ1) is 18.9. The van der Waals surface area contributed by atoms with Crippen LogP contribution in [0.4, 0.5) is 10.8 Å². The molecule has 0 unspecified atom stereocenters. The SMILES string of the molecule is Cc1cc(C)c(OCC(=O)Nc2cc(Br)c3nc(NN)sc3c2)c(Cl)c1. The maximum absolute atomic E-state index is 12.2. The molecule has 0 aliphatic heterocycles. The fourth-order valence-electron chi connectivity index (χ4n) is 2.54. The van der Waals surface area contributed by atoms with E-state index < -0.39 is 0 Å². The van der Waals surface area contributed by atoms with Gasteiger partial charge in [0.1, 0.15) is 5.75 Å². The van der Waals surface area contributed by atoms with Gasteiger partial charge in [0.2, 0.25) is 0 Å². The lowest BCUT2D eigenvalue weighted by atomic mass is 10.1. The number of nitrogens with zero attached hydrogens (tertiary/aromatic N) is 1. The van der Waals surface area contributed by atoms with Gasteiger partial charge in [0, 0.05) is 10.2 Å². The van der Waals surface area contributed by atoms with Gasteiger partial charge in [-0.15, -0.1) is 0 Å². The highest BCUT2D eigenvalue weighted by atomic mass is 79.9. The summed E-state index contributed by atoms with van der Waals surface area (Å²) in [4.78, 5) is 16.6. The minimum Gasteiger partial charge on any atom is -0.482 e. The number of hydrogen-bond donors (Lipinski definition) is 3. The third-order valence-electron chi connectivity index (χ3n) is 3.58. The minimum absolute atomic E-state index is 0.141.